The molecule has 9 nitrogen and oxygen atoms in total. The molecule has 0 aliphatic heterocycles. The van der Waals surface area contributed by atoms with E-state index in [0.717, 1.165) is 0 Å². The highest BCUT2D eigenvalue weighted by Gasteiger charge is 2.21. The molecule has 0 amide bonds. The minimum atomic E-state index is -0.642. The molecular weight excluding hydrogens is 413 g/mol. The second kappa shape index (κ2) is 7.65. The van der Waals surface area contributed by atoms with Gasteiger partial charge in [0.15, 0.2) is 5.65 Å². The minimum Gasteiger partial charge on any atom is -0.360 e. The molecule has 32 heavy (non-hydrogen) atoms. The number of rotatable bonds is 4. The number of hydrogen-bond donors (Lipinski definition) is 2. The van der Waals surface area contributed by atoms with Crippen molar-refractivity contribution in [3.63, 3.8) is 0 Å². The number of aromatic nitrogens is 6. The van der Waals surface area contributed by atoms with Crippen LogP contribution in [0.25, 0.3) is 27.6 Å². The average Bonchev–Trinajstić information content (AvgIpc) is 2.79. The summed E-state index contributed by atoms with van der Waals surface area (Å²) in [4.78, 5) is 45.0. The molecule has 2 aromatic carbocycles. The molecule has 0 bridgehead atoms. The molecule has 0 spiro atoms. The molecule has 0 saturated heterocycles. The average molecular weight is 429 g/mol. The third-order valence-electron chi connectivity index (χ3n) is 5.06. The molecule has 3 aromatic heterocycles. The van der Waals surface area contributed by atoms with Gasteiger partial charge in [-0.25, -0.2) is 24.3 Å². The Labute approximate surface area is 179 Å². The Balaban J connectivity index is 1.72. The molecule has 5 rings (SSSR count). The van der Waals surface area contributed by atoms with Crippen LogP contribution in [0.1, 0.15) is 18.8 Å². The van der Waals surface area contributed by atoms with Gasteiger partial charge in [-0.1, -0.05) is 24.3 Å². The zero-order chi connectivity index (χ0) is 22.2. The highest BCUT2D eigenvalue weighted by Crippen LogP contribution is 2.23. The monoisotopic (exact) mass is 429 g/mol. The summed E-state index contributed by atoms with van der Waals surface area (Å²) in [6, 6.07) is 12.6. The Bertz CT molecular complexity index is 1580. The van der Waals surface area contributed by atoms with Gasteiger partial charge in [-0.3, -0.25) is 14.2 Å². The topological polar surface area (TPSA) is 118 Å². The number of halogens is 1. The van der Waals surface area contributed by atoms with E-state index in [-0.39, 0.29) is 27.8 Å². The number of benzene rings is 2. The Morgan fingerprint density at radius 3 is 2.62 bits per heavy atom. The lowest BCUT2D eigenvalue weighted by Crippen LogP contribution is -2.28. The van der Waals surface area contributed by atoms with Gasteiger partial charge in [0.1, 0.15) is 34.6 Å². The Morgan fingerprint density at radius 1 is 1.00 bits per heavy atom. The van der Waals surface area contributed by atoms with Crippen molar-refractivity contribution in [3.8, 4) is 5.69 Å². The van der Waals surface area contributed by atoms with Crippen molar-refractivity contribution in [2.75, 3.05) is 5.32 Å². The molecule has 0 saturated carbocycles. The van der Waals surface area contributed by atoms with Crippen molar-refractivity contribution >= 4 is 27.8 Å². The van der Waals surface area contributed by atoms with Gasteiger partial charge in [0, 0.05) is 0 Å². The number of aromatic amines is 1. The number of para-hydroxylation sites is 1. The van der Waals surface area contributed by atoms with Crippen molar-refractivity contribution < 1.29 is 4.39 Å². The smallest absolute Gasteiger partial charge is 0.269 e. The Hall–Kier alpha value is -4.47. The highest BCUT2D eigenvalue weighted by molar-refractivity contribution is 5.85. The summed E-state index contributed by atoms with van der Waals surface area (Å²) >= 11 is 0. The fourth-order valence-electron chi connectivity index (χ4n) is 3.61. The first-order chi connectivity index (χ1) is 15.5. The molecule has 0 aliphatic rings. The van der Waals surface area contributed by atoms with Gasteiger partial charge in [0.05, 0.1) is 23.6 Å². The molecule has 1 unspecified atom stereocenters. The normalized spacial score (nSPS) is 12.2. The second-order valence-electron chi connectivity index (χ2n) is 7.10. The largest absolute Gasteiger partial charge is 0.360 e. The van der Waals surface area contributed by atoms with Crippen LogP contribution in [0.3, 0.4) is 0 Å². The van der Waals surface area contributed by atoms with E-state index < -0.39 is 23.0 Å². The summed E-state index contributed by atoms with van der Waals surface area (Å²) in [7, 11) is 0. The van der Waals surface area contributed by atoms with Crippen LogP contribution in [0, 0.1) is 5.82 Å². The molecule has 5 aromatic rings. The van der Waals surface area contributed by atoms with Gasteiger partial charge >= 0.3 is 0 Å². The third kappa shape index (κ3) is 3.18. The summed E-state index contributed by atoms with van der Waals surface area (Å²) in [6.45, 7) is 1.77. The van der Waals surface area contributed by atoms with E-state index in [1.54, 1.807) is 37.3 Å². The summed E-state index contributed by atoms with van der Waals surface area (Å²) in [6.07, 6.45) is 2.55. The van der Waals surface area contributed by atoms with Crippen LogP contribution in [-0.4, -0.2) is 29.5 Å². The maximum atomic E-state index is 14.5. The van der Waals surface area contributed by atoms with E-state index in [0.29, 0.717) is 11.5 Å². The lowest BCUT2D eigenvalue weighted by atomic mass is 10.2. The summed E-state index contributed by atoms with van der Waals surface area (Å²) in [5.41, 5.74) is 0.0606. The van der Waals surface area contributed by atoms with Gasteiger partial charge in [-0.2, -0.15) is 0 Å². The van der Waals surface area contributed by atoms with Crippen molar-refractivity contribution in [1.29, 1.82) is 0 Å². The van der Waals surface area contributed by atoms with Gasteiger partial charge < -0.3 is 10.3 Å². The summed E-state index contributed by atoms with van der Waals surface area (Å²) in [5.74, 6) is -0.0762. The van der Waals surface area contributed by atoms with Gasteiger partial charge in [-0.05, 0) is 31.2 Å². The Morgan fingerprint density at radius 2 is 1.81 bits per heavy atom. The molecule has 158 valence electrons. The van der Waals surface area contributed by atoms with Crippen molar-refractivity contribution in [1.82, 2.24) is 29.5 Å². The fourth-order valence-corrected chi connectivity index (χ4v) is 3.61. The maximum absolute atomic E-state index is 14.5. The van der Waals surface area contributed by atoms with Gasteiger partial charge in [-0.15, -0.1) is 0 Å². The second-order valence-corrected chi connectivity index (χ2v) is 7.10. The standard InChI is InChI=1S/C22H16FN7O2/c1-12(28-19-17-18(24-10-26-19)25-11-27-21(17)31)20-29-15-9-5-8-14(23)16(15)22(32)30(20)13-6-3-2-4-7-13/h2-12H,1H3,(H2,24,25,26,27,28,31). The molecule has 2 N–H and O–H groups in total. The zero-order valence-corrected chi connectivity index (χ0v) is 16.8. The number of hydrogen-bond acceptors (Lipinski definition) is 7. The van der Waals surface area contributed by atoms with Crippen LogP contribution in [0.15, 0.2) is 70.8 Å². The van der Waals surface area contributed by atoms with Crippen molar-refractivity contribution in [2.45, 2.75) is 13.0 Å². The van der Waals surface area contributed by atoms with E-state index in [2.05, 4.69) is 30.2 Å². The minimum absolute atomic E-state index is 0.0968. The predicted molar refractivity (Wildman–Crippen MR) is 117 cm³/mol. The third-order valence-corrected chi connectivity index (χ3v) is 5.06. The molecule has 10 heteroatoms. The van der Waals surface area contributed by atoms with Crippen LogP contribution < -0.4 is 16.4 Å². The maximum Gasteiger partial charge on any atom is 0.269 e. The lowest BCUT2D eigenvalue weighted by Gasteiger charge is -2.20. The van der Waals surface area contributed by atoms with Crippen LogP contribution >= 0.6 is 0 Å². The van der Waals surface area contributed by atoms with Gasteiger partial charge in [0.2, 0.25) is 0 Å². The number of nitrogens with zero attached hydrogens (tertiary/aromatic N) is 5. The van der Waals surface area contributed by atoms with Crippen LogP contribution in [0.4, 0.5) is 10.2 Å². The summed E-state index contributed by atoms with van der Waals surface area (Å²) in [5, 5.41) is 3.22. The first kappa shape index (κ1) is 19.5. The van der Waals surface area contributed by atoms with Gasteiger partial charge in [0.25, 0.3) is 11.1 Å². The van der Waals surface area contributed by atoms with Crippen LogP contribution in [-0.2, 0) is 0 Å². The number of nitrogens with one attached hydrogen (secondary N) is 2. The predicted octanol–water partition coefficient (Wildman–Crippen LogP) is 2.72. The fraction of sp³-hybridized carbons (Fsp3) is 0.0909. The summed E-state index contributed by atoms with van der Waals surface area (Å²) < 4.78 is 15.9. The van der Waals surface area contributed by atoms with Crippen molar-refractivity contribution in [3.05, 3.63) is 93.5 Å². The van der Waals surface area contributed by atoms with E-state index >= 15 is 0 Å². The van der Waals surface area contributed by atoms with E-state index in [4.69, 9.17) is 0 Å². The van der Waals surface area contributed by atoms with E-state index in [9.17, 15) is 14.0 Å². The molecule has 0 fully saturated rings. The lowest BCUT2D eigenvalue weighted by molar-refractivity contribution is 0.635. The van der Waals surface area contributed by atoms with Crippen molar-refractivity contribution in [2.24, 2.45) is 0 Å². The number of anilines is 1. The van der Waals surface area contributed by atoms with E-state index in [1.165, 1.54) is 29.4 Å². The number of H-pyrrole nitrogens is 1. The number of fused-ring (bicyclic) bond motifs is 2. The zero-order valence-electron chi connectivity index (χ0n) is 16.8. The van der Waals surface area contributed by atoms with Crippen LogP contribution in [0.2, 0.25) is 0 Å². The molecule has 3 heterocycles. The van der Waals surface area contributed by atoms with E-state index in [1.807, 2.05) is 6.07 Å². The Kier molecular flexibility index (Phi) is 4.66. The highest BCUT2D eigenvalue weighted by atomic mass is 19.1. The molecule has 1 atom stereocenters. The van der Waals surface area contributed by atoms with Crippen LogP contribution in [0.5, 0.6) is 0 Å². The first-order valence-corrected chi connectivity index (χ1v) is 9.76. The molecule has 0 aliphatic carbocycles. The molecule has 0 radical (unpaired) electrons. The first-order valence-electron chi connectivity index (χ1n) is 9.76. The molecular formula is C22H16FN7O2. The SMILES string of the molecule is CC(Nc1ncnc2nc[nH]c(=O)c12)c1nc2cccc(F)c2c(=O)n1-c1ccccc1. The quantitative estimate of drug-likeness (QED) is 0.451.